The number of anilines is 6. The zero-order valence-electron chi connectivity index (χ0n) is 23.8. The number of aromatic nitrogens is 4. The molecule has 1 amide bonds. The lowest BCUT2D eigenvalue weighted by molar-refractivity contribution is -0.111. The first kappa shape index (κ1) is 29.0. The van der Waals surface area contributed by atoms with Crippen LogP contribution in [0.4, 0.5) is 38.9 Å². The van der Waals surface area contributed by atoms with Crippen molar-refractivity contribution in [1.29, 1.82) is 0 Å². The fraction of sp³-hybridized carbons (Fsp3) is 0.241. The van der Waals surface area contributed by atoms with Crippen LogP contribution in [0.1, 0.15) is 0 Å². The maximum atomic E-state index is 14.6. The summed E-state index contributed by atoms with van der Waals surface area (Å²) in [4.78, 5) is 25.6. The predicted octanol–water partition coefficient (Wildman–Crippen LogP) is 4.63. The Morgan fingerprint density at radius 2 is 1.88 bits per heavy atom. The molecule has 4 rings (SSSR count). The van der Waals surface area contributed by atoms with E-state index in [1.165, 1.54) is 12.1 Å². The van der Waals surface area contributed by atoms with E-state index in [1.54, 1.807) is 55.5 Å². The van der Waals surface area contributed by atoms with Gasteiger partial charge in [0.25, 0.3) is 0 Å². The Morgan fingerprint density at radius 1 is 1.10 bits per heavy atom. The van der Waals surface area contributed by atoms with Crippen molar-refractivity contribution >= 4 is 40.4 Å². The van der Waals surface area contributed by atoms with Crippen molar-refractivity contribution in [2.24, 2.45) is 7.05 Å². The Balaban J connectivity index is 1.75. The summed E-state index contributed by atoms with van der Waals surface area (Å²) in [6.45, 7) is 5.09. The molecule has 2 aromatic heterocycles. The molecule has 11 nitrogen and oxygen atoms in total. The summed E-state index contributed by atoms with van der Waals surface area (Å²) in [6.07, 6.45) is 4.50. The summed E-state index contributed by atoms with van der Waals surface area (Å²) in [5.74, 6) is 0.334. The highest BCUT2D eigenvalue weighted by molar-refractivity contribution is 6.02. The fourth-order valence-electron chi connectivity index (χ4n) is 4.08. The largest absolute Gasteiger partial charge is 0.494 e. The molecule has 2 aromatic carbocycles. The van der Waals surface area contributed by atoms with Crippen LogP contribution in [0.25, 0.3) is 11.3 Å². The van der Waals surface area contributed by atoms with E-state index in [-0.39, 0.29) is 17.5 Å². The molecule has 0 unspecified atom stereocenters. The summed E-state index contributed by atoms with van der Waals surface area (Å²) in [7, 11) is 9.29. The Labute approximate surface area is 238 Å². The molecule has 0 saturated heterocycles. The lowest BCUT2D eigenvalue weighted by atomic mass is 10.2. The van der Waals surface area contributed by atoms with Crippen LogP contribution in [0, 0.1) is 5.82 Å². The van der Waals surface area contributed by atoms with Gasteiger partial charge in [0.15, 0.2) is 0 Å². The third-order valence-electron chi connectivity index (χ3n) is 6.31. The van der Waals surface area contributed by atoms with Crippen molar-refractivity contribution in [2.75, 3.05) is 62.2 Å². The minimum atomic E-state index is -0.421. The van der Waals surface area contributed by atoms with Crippen molar-refractivity contribution < 1.29 is 13.9 Å². The number of amides is 1. The maximum absolute atomic E-state index is 14.6. The number of carbonyl (C=O) groups is 1. The van der Waals surface area contributed by atoms with E-state index in [9.17, 15) is 9.18 Å². The summed E-state index contributed by atoms with van der Waals surface area (Å²) in [5.41, 5.74) is 3.46. The Hall–Kier alpha value is -4.97. The highest BCUT2D eigenvalue weighted by atomic mass is 19.1. The first-order chi connectivity index (χ1) is 19.7. The monoisotopic (exact) mass is 559 g/mol. The predicted molar refractivity (Wildman–Crippen MR) is 161 cm³/mol. The third-order valence-corrected chi connectivity index (χ3v) is 6.31. The lowest BCUT2D eigenvalue weighted by Crippen LogP contribution is -2.29. The van der Waals surface area contributed by atoms with Crippen LogP contribution in [0.3, 0.4) is 0 Å². The number of carbonyl (C=O) groups excluding carboxylic acids is 1. The number of halogens is 1. The molecule has 0 saturated carbocycles. The molecule has 0 atom stereocenters. The SMILES string of the molecule is C=CC(=O)Nc1cc(Nc2ncc(-c3ccnn3C)c(Nc3ccccc3F)n2)c(OC)cc1N(C)CCN(C)C. The maximum Gasteiger partial charge on any atom is 0.247 e. The normalized spacial score (nSPS) is 10.8. The first-order valence-electron chi connectivity index (χ1n) is 12.9. The van der Waals surface area contributed by atoms with Gasteiger partial charge in [0.1, 0.15) is 17.4 Å². The van der Waals surface area contributed by atoms with Gasteiger partial charge in [-0.3, -0.25) is 9.48 Å². The van der Waals surface area contributed by atoms with Gasteiger partial charge in [-0.05, 0) is 44.4 Å². The van der Waals surface area contributed by atoms with Crippen LogP contribution in [-0.2, 0) is 11.8 Å². The molecule has 0 spiro atoms. The van der Waals surface area contributed by atoms with E-state index in [1.807, 2.05) is 38.2 Å². The minimum absolute atomic E-state index is 0.225. The number of ether oxygens (including phenoxy) is 1. The molecule has 0 fully saturated rings. The Kier molecular flexibility index (Phi) is 9.15. The number of hydrogen-bond donors (Lipinski definition) is 3. The van der Waals surface area contributed by atoms with Gasteiger partial charge in [-0.25, -0.2) is 9.37 Å². The van der Waals surface area contributed by atoms with E-state index in [0.717, 1.165) is 17.9 Å². The lowest BCUT2D eigenvalue weighted by Gasteiger charge is -2.26. The first-order valence-corrected chi connectivity index (χ1v) is 12.9. The van der Waals surface area contributed by atoms with E-state index in [0.29, 0.717) is 35.1 Å². The second-order valence-electron chi connectivity index (χ2n) is 9.51. The van der Waals surface area contributed by atoms with Crippen LogP contribution >= 0.6 is 0 Å². The van der Waals surface area contributed by atoms with Gasteiger partial charge >= 0.3 is 0 Å². The molecule has 3 N–H and O–H groups in total. The smallest absolute Gasteiger partial charge is 0.247 e. The highest BCUT2D eigenvalue weighted by Crippen LogP contribution is 2.38. The van der Waals surface area contributed by atoms with Gasteiger partial charge in [-0.1, -0.05) is 18.7 Å². The molecule has 0 radical (unpaired) electrons. The van der Waals surface area contributed by atoms with Crippen LogP contribution in [0.5, 0.6) is 5.75 Å². The molecule has 41 heavy (non-hydrogen) atoms. The molecule has 0 aliphatic heterocycles. The number of benzene rings is 2. The van der Waals surface area contributed by atoms with Crippen molar-refractivity contribution in [3.8, 4) is 17.0 Å². The number of rotatable bonds is 12. The number of para-hydroxylation sites is 1. The second-order valence-corrected chi connectivity index (χ2v) is 9.51. The summed E-state index contributed by atoms with van der Waals surface area (Å²) in [6, 6.07) is 11.8. The van der Waals surface area contributed by atoms with E-state index in [4.69, 9.17) is 4.74 Å². The number of methoxy groups -OCH3 is 1. The van der Waals surface area contributed by atoms with Crippen molar-refractivity contribution in [3.63, 3.8) is 0 Å². The van der Waals surface area contributed by atoms with Crippen LogP contribution in [0.2, 0.25) is 0 Å². The molecule has 4 aromatic rings. The number of likely N-dealkylation sites (N-methyl/N-ethyl adjacent to an activating group) is 2. The van der Waals surface area contributed by atoms with Gasteiger partial charge in [0.05, 0.1) is 41.1 Å². The van der Waals surface area contributed by atoms with E-state index < -0.39 is 5.82 Å². The fourth-order valence-corrected chi connectivity index (χ4v) is 4.08. The number of nitrogens with one attached hydrogen (secondary N) is 3. The molecule has 0 aliphatic rings. The quantitative estimate of drug-likeness (QED) is 0.214. The third kappa shape index (κ3) is 6.97. The number of aryl methyl sites for hydroxylation is 1. The second kappa shape index (κ2) is 12.9. The van der Waals surface area contributed by atoms with Crippen LogP contribution in [0.15, 0.2) is 67.5 Å². The van der Waals surface area contributed by atoms with Gasteiger partial charge in [-0.2, -0.15) is 10.1 Å². The number of hydrogen-bond acceptors (Lipinski definition) is 9. The van der Waals surface area contributed by atoms with Crippen molar-refractivity contribution in [2.45, 2.75) is 0 Å². The summed E-state index contributed by atoms with van der Waals surface area (Å²) in [5, 5.41) is 13.4. The zero-order valence-corrected chi connectivity index (χ0v) is 23.8. The topological polar surface area (TPSA) is 112 Å². The standard InChI is InChI=1S/C29H34FN9O2/c1-7-27(40)33-22-16-23(26(41-6)17-25(22)38(4)15-14-37(2)3)35-29-31-18-19(24-12-13-32-39(24)5)28(36-29)34-21-11-9-8-10-20(21)30/h7-13,16-18H,1,14-15H2,2-6H3,(H,33,40)(H2,31,34,35,36). The highest BCUT2D eigenvalue weighted by Gasteiger charge is 2.18. The summed E-state index contributed by atoms with van der Waals surface area (Å²) < 4.78 is 21.9. The molecule has 214 valence electrons. The van der Waals surface area contributed by atoms with Crippen molar-refractivity contribution in [3.05, 3.63) is 73.3 Å². The average Bonchev–Trinajstić information content (AvgIpc) is 3.38. The summed E-state index contributed by atoms with van der Waals surface area (Å²) >= 11 is 0. The van der Waals surface area contributed by atoms with Gasteiger partial charge in [0.2, 0.25) is 11.9 Å². The molecule has 2 heterocycles. The van der Waals surface area contributed by atoms with Crippen LogP contribution in [-0.4, -0.2) is 71.9 Å². The Morgan fingerprint density at radius 3 is 2.54 bits per heavy atom. The molecular weight excluding hydrogens is 525 g/mol. The van der Waals surface area contributed by atoms with Gasteiger partial charge in [0, 0.05) is 45.6 Å². The molecule has 0 aliphatic carbocycles. The minimum Gasteiger partial charge on any atom is -0.494 e. The molecule has 12 heteroatoms. The zero-order chi connectivity index (χ0) is 29.5. The van der Waals surface area contributed by atoms with E-state index >= 15 is 0 Å². The molecular formula is C29H34FN9O2. The van der Waals surface area contributed by atoms with Gasteiger partial charge in [-0.15, -0.1) is 0 Å². The van der Waals surface area contributed by atoms with E-state index in [2.05, 4.69) is 42.5 Å². The Bertz CT molecular complexity index is 1540. The average molecular weight is 560 g/mol. The number of nitrogens with zero attached hydrogens (tertiary/aromatic N) is 6. The van der Waals surface area contributed by atoms with Gasteiger partial charge < -0.3 is 30.5 Å². The van der Waals surface area contributed by atoms with Crippen LogP contribution < -0.4 is 25.6 Å². The van der Waals surface area contributed by atoms with Crippen molar-refractivity contribution in [1.82, 2.24) is 24.6 Å². The molecule has 0 bridgehead atoms.